The summed E-state index contributed by atoms with van der Waals surface area (Å²) in [5.74, 6) is 0.836. The highest BCUT2D eigenvalue weighted by atomic mass is 16.1. The van der Waals surface area contributed by atoms with Crippen LogP contribution in [0.5, 0.6) is 0 Å². The number of nitrogens with zero attached hydrogens (tertiary/aromatic N) is 1. The molecule has 4 nitrogen and oxygen atoms in total. The van der Waals surface area contributed by atoms with Crippen LogP contribution in [0.2, 0.25) is 0 Å². The van der Waals surface area contributed by atoms with E-state index in [0.717, 1.165) is 32.7 Å². The van der Waals surface area contributed by atoms with Crippen LogP contribution in [0, 0.1) is 11.8 Å². The molecule has 1 aliphatic rings. The molecule has 1 rings (SSSR count). The Bertz CT molecular complexity index is 208. The lowest BCUT2D eigenvalue weighted by molar-refractivity contribution is -0.125. The van der Waals surface area contributed by atoms with E-state index in [4.69, 9.17) is 0 Å². The molecule has 1 heterocycles. The third kappa shape index (κ3) is 3.80. The molecule has 4 heteroatoms. The summed E-state index contributed by atoms with van der Waals surface area (Å²) in [6.07, 6.45) is 0. The van der Waals surface area contributed by atoms with Gasteiger partial charge in [0, 0.05) is 19.6 Å². The second-order valence-electron chi connectivity index (χ2n) is 4.43. The van der Waals surface area contributed by atoms with E-state index in [1.54, 1.807) is 0 Å². The van der Waals surface area contributed by atoms with E-state index in [0.29, 0.717) is 5.92 Å². The predicted octanol–water partition coefficient (Wildman–Crippen LogP) is -0.0902. The van der Waals surface area contributed by atoms with E-state index in [9.17, 15) is 4.79 Å². The van der Waals surface area contributed by atoms with Gasteiger partial charge >= 0.3 is 0 Å². The van der Waals surface area contributed by atoms with E-state index in [1.165, 1.54) is 0 Å². The zero-order valence-electron chi connectivity index (χ0n) is 10.0. The summed E-state index contributed by atoms with van der Waals surface area (Å²) < 4.78 is 0. The molecule has 1 fully saturated rings. The molecule has 2 atom stereocenters. The summed E-state index contributed by atoms with van der Waals surface area (Å²) in [5.41, 5.74) is 0. The Kier molecular flexibility index (Phi) is 5.05. The maximum Gasteiger partial charge on any atom is 0.224 e. The zero-order chi connectivity index (χ0) is 11.3. The van der Waals surface area contributed by atoms with Gasteiger partial charge in [0.2, 0.25) is 5.91 Å². The van der Waals surface area contributed by atoms with Gasteiger partial charge in [-0.15, -0.1) is 0 Å². The van der Waals surface area contributed by atoms with Crippen LogP contribution in [-0.4, -0.2) is 50.6 Å². The normalized spacial score (nSPS) is 25.9. The van der Waals surface area contributed by atoms with Gasteiger partial charge in [0.25, 0.3) is 0 Å². The summed E-state index contributed by atoms with van der Waals surface area (Å²) in [4.78, 5) is 13.9. The van der Waals surface area contributed by atoms with Crippen LogP contribution in [0.25, 0.3) is 0 Å². The minimum atomic E-state index is 0.164. The van der Waals surface area contributed by atoms with E-state index in [1.807, 2.05) is 0 Å². The van der Waals surface area contributed by atoms with Gasteiger partial charge in [0.15, 0.2) is 0 Å². The third-order valence-corrected chi connectivity index (χ3v) is 3.19. The summed E-state index contributed by atoms with van der Waals surface area (Å²) in [6, 6.07) is 0. The molecule has 0 spiro atoms. The maximum atomic E-state index is 11.8. The average molecular weight is 213 g/mol. The standard InChI is InChI=1S/C11H23N3O/c1-4-14(3)6-5-13-11(15)10-8-12-7-9(10)2/h9-10,12H,4-8H2,1-3H3,(H,13,15)/t9-,10-/m1/s1. The fraction of sp³-hybridized carbons (Fsp3) is 0.909. The second-order valence-corrected chi connectivity index (χ2v) is 4.43. The lowest BCUT2D eigenvalue weighted by Crippen LogP contribution is -2.38. The number of likely N-dealkylation sites (N-methyl/N-ethyl adjacent to an activating group) is 1. The molecule has 0 aromatic rings. The third-order valence-electron chi connectivity index (χ3n) is 3.19. The fourth-order valence-electron chi connectivity index (χ4n) is 1.82. The van der Waals surface area contributed by atoms with E-state index < -0.39 is 0 Å². The first kappa shape index (κ1) is 12.5. The fourth-order valence-corrected chi connectivity index (χ4v) is 1.82. The Morgan fingerprint density at radius 3 is 2.80 bits per heavy atom. The van der Waals surface area contributed by atoms with Crippen LogP contribution >= 0.6 is 0 Å². The largest absolute Gasteiger partial charge is 0.355 e. The van der Waals surface area contributed by atoms with Crippen LogP contribution in [-0.2, 0) is 4.79 Å². The molecule has 1 amide bonds. The number of rotatable bonds is 5. The van der Waals surface area contributed by atoms with Gasteiger partial charge < -0.3 is 15.5 Å². The van der Waals surface area contributed by atoms with Crippen molar-refractivity contribution < 1.29 is 4.79 Å². The van der Waals surface area contributed by atoms with Crippen molar-refractivity contribution in [1.29, 1.82) is 0 Å². The first-order chi connectivity index (χ1) is 7.15. The van der Waals surface area contributed by atoms with Crippen LogP contribution in [0.4, 0.5) is 0 Å². The van der Waals surface area contributed by atoms with Crippen molar-refractivity contribution in [2.24, 2.45) is 11.8 Å². The molecule has 88 valence electrons. The molecule has 15 heavy (non-hydrogen) atoms. The number of nitrogens with one attached hydrogen (secondary N) is 2. The van der Waals surface area contributed by atoms with Gasteiger partial charge in [-0.05, 0) is 26.1 Å². The van der Waals surface area contributed by atoms with Crippen molar-refractivity contribution >= 4 is 5.91 Å². The molecule has 0 unspecified atom stereocenters. The van der Waals surface area contributed by atoms with Crippen LogP contribution in [0.1, 0.15) is 13.8 Å². The lowest BCUT2D eigenvalue weighted by atomic mass is 9.97. The van der Waals surface area contributed by atoms with E-state index in [2.05, 4.69) is 36.4 Å². The molecule has 0 radical (unpaired) electrons. The maximum absolute atomic E-state index is 11.8. The zero-order valence-corrected chi connectivity index (χ0v) is 10.0. The summed E-state index contributed by atoms with van der Waals surface area (Å²) >= 11 is 0. The number of carbonyl (C=O) groups excluding carboxylic acids is 1. The highest BCUT2D eigenvalue weighted by Crippen LogP contribution is 2.15. The number of hydrogen-bond acceptors (Lipinski definition) is 3. The highest BCUT2D eigenvalue weighted by molar-refractivity contribution is 5.79. The van der Waals surface area contributed by atoms with Gasteiger partial charge in [-0.3, -0.25) is 4.79 Å². The molecule has 0 aromatic carbocycles. The molecular weight excluding hydrogens is 190 g/mol. The number of amides is 1. The highest BCUT2D eigenvalue weighted by Gasteiger charge is 2.28. The number of carbonyl (C=O) groups is 1. The topological polar surface area (TPSA) is 44.4 Å². The molecule has 1 aliphatic heterocycles. The smallest absolute Gasteiger partial charge is 0.224 e. The van der Waals surface area contributed by atoms with Gasteiger partial charge in [0.05, 0.1) is 5.92 Å². The Morgan fingerprint density at radius 1 is 1.53 bits per heavy atom. The molecule has 0 aromatic heterocycles. The van der Waals surface area contributed by atoms with Crippen LogP contribution < -0.4 is 10.6 Å². The van der Waals surface area contributed by atoms with Crippen molar-refractivity contribution in [3.05, 3.63) is 0 Å². The molecule has 1 saturated heterocycles. The van der Waals surface area contributed by atoms with Crippen molar-refractivity contribution in [2.75, 3.05) is 39.8 Å². The SMILES string of the molecule is CCN(C)CCNC(=O)[C@@H]1CNC[C@H]1C. The summed E-state index contributed by atoms with van der Waals surface area (Å²) in [6.45, 7) is 8.75. The Labute approximate surface area is 92.4 Å². The second kappa shape index (κ2) is 6.08. The first-order valence-corrected chi connectivity index (χ1v) is 5.82. The van der Waals surface area contributed by atoms with Crippen molar-refractivity contribution in [1.82, 2.24) is 15.5 Å². The lowest BCUT2D eigenvalue weighted by Gasteiger charge is -2.17. The van der Waals surface area contributed by atoms with Crippen molar-refractivity contribution in [3.8, 4) is 0 Å². The van der Waals surface area contributed by atoms with Gasteiger partial charge in [0.1, 0.15) is 0 Å². The number of hydrogen-bond donors (Lipinski definition) is 2. The Morgan fingerprint density at radius 2 is 2.27 bits per heavy atom. The Balaban J connectivity index is 2.18. The predicted molar refractivity (Wildman–Crippen MR) is 61.7 cm³/mol. The van der Waals surface area contributed by atoms with Gasteiger partial charge in [-0.2, -0.15) is 0 Å². The molecule has 0 aliphatic carbocycles. The molecular formula is C11H23N3O. The minimum Gasteiger partial charge on any atom is -0.355 e. The van der Waals surface area contributed by atoms with Crippen molar-refractivity contribution in [3.63, 3.8) is 0 Å². The van der Waals surface area contributed by atoms with E-state index in [-0.39, 0.29) is 11.8 Å². The summed E-state index contributed by atoms with van der Waals surface area (Å²) in [5, 5.41) is 6.24. The molecule has 0 bridgehead atoms. The monoisotopic (exact) mass is 213 g/mol. The van der Waals surface area contributed by atoms with Gasteiger partial charge in [-0.25, -0.2) is 0 Å². The Hall–Kier alpha value is -0.610. The quantitative estimate of drug-likeness (QED) is 0.671. The van der Waals surface area contributed by atoms with Crippen molar-refractivity contribution in [2.45, 2.75) is 13.8 Å². The first-order valence-electron chi connectivity index (χ1n) is 5.82. The van der Waals surface area contributed by atoms with E-state index >= 15 is 0 Å². The minimum absolute atomic E-state index is 0.164. The van der Waals surface area contributed by atoms with Crippen LogP contribution in [0.3, 0.4) is 0 Å². The summed E-state index contributed by atoms with van der Waals surface area (Å²) in [7, 11) is 2.06. The molecule has 2 N–H and O–H groups in total. The van der Waals surface area contributed by atoms with Gasteiger partial charge in [-0.1, -0.05) is 13.8 Å². The average Bonchev–Trinajstić information content (AvgIpc) is 2.64. The van der Waals surface area contributed by atoms with Crippen LogP contribution in [0.15, 0.2) is 0 Å². The molecule has 0 saturated carbocycles.